The number of aromatic nitrogens is 2. The molecule has 0 spiro atoms. The Hall–Kier alpha value is -4.07. The molecule has 4 rings (SSSR count). The summed E-state index contributed by atoms with van der Waals surface area (Å²) in [6, 6.07) is 16.0. The molecule has 2 aromatic carbocycles. The number of ether oxygens (including phenoxy) is 2. The van der Waals surface area contributed by atoms with E-state index >= 15 is 0 Å². The molecular weight excluding hydrogens is 422 g/mol. The summed E-state index contributed by atoms with van der Waals surface area (Å²) in [7, 11) is 0. The largest absolute Gasteiger partial charge is 0.485 e. The summed E-state index contributed by atoms with van der Waals surface area (Å²) >= 11 is 0. The number of fused-ring (bicyclic) bond motifs is 1. The minimum Gasteiger partial charge on any atom is -0.485 e. The SMILES string of the molecule is Cc1cccc(O[C@@H](C)C(=O)Nc2ccc(C)cc2OCc2cc(=O)n3oc(C)cc3n2)c1. The van der Waals surface area contributed by atoms with Crippen LogP contribution in [0.3, 0.4) is 0 Å². The highest BCUT2D eigenvalue weighted by atomic mass is 16.5. The summed E-state index contributed by atoms with van der Waals surface area (Å²) < 4.78 is 18.1. The van der Waals surface area contributed by atoms with Crippen LogP contribution in [0.2, 0.25) is 0 Å². The van der Waals surface area contributed by atoms with E-state index in [4.69, 9.17) is 14.0 Å². The molecule has 0 saturated carbocycles. The first-order valence-electron chi connectivity index (χ1n) is 10.6. The lowest BCUT2D eigenvalue weighted by Gasteiger charge is -2.17. The maximum Gasteiger partial charge on any atom is 0.287 e. The first kappa shape index (κ1) is 22.1. The van der Waals surface area contributed by atoms with Crippen LogP contribution in [0, 0.1) is 20.8 Å². The van der Waals surface area contributed by atoms with Crippen LogP contribution in [0.4, 0.5) is 5.69 Å². The zero-order valence-corrected chi connectivity index (χ0v) is 18.9. The van der Waals surface area contributed by atoms with Crippen LogP contribution in [0.5, 0.6) is 11.5 Å². The number of anilines is 1. The molecule has 2 heterocycles. The second kappa shape index (κ2) is 9.20. The number of amides is 1. The van der Waals surface area contributed by atoms with Crippen molar-refractivity contribution in [2.24, 2.45) is 0 Å². The van der Waals surface area contributed by atoms with Crippen molar-refractivity contribution in [2.75, 3.05) is 5.32 Å². The zero-order valence-electron chi connectivity index (χ0n) is 18.9. The number of carbonyl (C=O) groups excluding carboxylic acids is 1. The molecule has 0 radical (unpaired) electrons. The standard InChI is InChI=1S/C25H25N3O5/c1-15-6-5-7-20(10-15)32-18(4)25(30)27-21-9-8-16(2)11-22(21)31-14-19-13-24(29)28-23(26-19)12-17(3)33-28/h5-13,18H,14H2,1-4H3,(H,27,30)/t18-/m0/s1. The van der Waals surface area contributed by atoms with Crippen LogP contribution in [0.1, 0.15) is 29.5 Å². The Kier molecular flexibility index (Phi) is 6.17. The van der Waals surface area contributed by atoms with Crippen LogP contribution in [-0.2, 0) is 11.4 Å². The Bertz CT molecular complexity index is 1370. The quantitative estimate of drug-likeness (QED) is 0.456. The van der Waals surface area contributed by atoms with Crippen LogP contribution < -0.4 is 20.3 Å². The zero-order chi connectivity index (χ0) is 23.5. The molecule has 170 valence electrons. The van der Waals surface area contributed by atoms with Crippen molar-refractivity contribution < 1.29 is 18.8 Å². The molecule has 0 fully saturated rings. The molecule has 8 nitrogen and oxygen atoms in total. The molecule has 33 heavy (non-hydrogen) atoms. The maximum atomic E-state index is 12.7. The lowest BCUT2D eigenvalue weighted by atomic mass is 10.2. The summed E-state index contributed by atoms with van der Waals surface area (Å²) in [5.41, 5.74) is 3.05. The van der Waals surface area contributed by atoms with E-state index in [0.29, 0.717) is 34.3 Å². The van der Waals surface area contributed by atoms with Crippen molar-refractivity contribution in [3.8, 4) is 11.5 Å². The fraction of sp³-hybridized carbons (Fsp3) is 0.240. The van der Waals surface area contributed by atoms with E-state index in [-0.39, 0.29) is 18.1 Å². The number of nitrogens with one attached hydrogen (secondary N) is 1. The van der Waals surface area contributed by atoms with Gasteiger partial charge < -0.3 is 19.3 Å². The predicted molar refractivity (Wildman–Crippen MR) is 124 cm³/mol. The molecule has 1 atom stereocenters. The van der Waals surface area contributed by atoms with Gasteiger partial charge in [-0.05, 0) is 63.1 Å². The van der Waals surface area contributed by atoms with Gasteiger partial charge in [-0.15, -0.1) is 4.57 Å². The van der Waals surface area contributed by atoms with Gasteiger partial charge >= 0.3 is 0 Å². The molecule has 8 heteroatoms. The van der Waals surface area contributed by atoms with Gasteiger partial charge in [-0.25, -0.2) is 4.98 Å². The van der Waals surface area contributed by atoms with E-state index < -0.39 is 6.10 Å². The van der Waals surface area contributed by atoms with Crippen molar-refractivity contribution >= 4 is 17.2 Å². The van der Waals surface area contributed by atoms with Crippen LogP contribution in [0.25, 0.3) is 5.65 Å². The van der Waals surface area contributed by atoms with Crippen LogP contribution >= 0.6 is 0 Å². The summed E-state index contributed by atoms with van der Waals surface area (Å²) in [6.07, 6.45) is -0.714. The summed E-state index contributed by atoms with van der Waals surface area (Å²) in [5, 5.41) is 2.86. The molecular formula is C25H25N3O5. The molecule has 0 saturated heterocycles. The minimum atomic E-state index is -0.714. The fourth-order valence-electron chi connectivity index (χ4n) is 3.33. The van der Waals surface area contributed by atoms with Crippen molar-refractivity contribution in [2.45, 2.75) is 40.4 Å². The average Bonchev–Trinajstić information content (AvgIpc) is 3.14. The van der Waals surface area contributed by atoms with Gasteiger partial charge in [0, 0.05) is 12.1 Å². The van der Waals surface area contributed by atoms with Crippen molar-refractivity contribution in [3.63, 3.8) is 0 Å². The highest BCUT2D eigenvalue weighted by Crippen LogP contribution is 2.27. The molecule has 2 aromatic heterocycles. The summed E-state index contributed by atoms with van der Waals surface area (Å²) in [6.45, 7) is 7.37. The van der Waals surface area contributed by atoms with Gasteiger partial charge in [0.15, 0.2) is 11.8 Å². The predicted octanol–water partition coefficient (Wildman–Crippen LogP) is 4.20. The fourth-order valence-corrected chi connectivity index (χ4v) is 3.33. The van der Waals surface area contributed by atoms with Crippen molar-refractivity contribution in [1.29, 1.82) is 0 Å². The van der Waals surface area contributed by atoms with Gasteiger partial charge in [-0.2, -0.15) is 0 Å². The monoisotopic (exact) mass is 447 g/mol. The third kappa shape index (κ3) is 5.23. The van der Waals surface area contributed by atoms with E-state index in [1.54, 1.807) is 26.0 Å². The molecule has 1 N–H and O–H groups in total. The van der Waals surface area contributed by atoms with E-state index in [1.165, 1.54) is 6.07 Å². The molecule has 0 aliphatic heterocycles. The average molecular weight is 447 g/mol. The Morgan fingerprint density at radius 2 is 1.88 bits per heavy atom. The Labute approximate surface area is 190 Å². The number of benzene rings is 2. The first-order valence-corrected chi connectivity index (χ1v) is 10.6. The topological polar surface area (TPSA) is 95.1 Å². The summed E-state index contributed by atoms with van der Waals surface area (Å²) in [4.78, 5) is 29.4. The van der Waals surface area contributed by atoms with Crippen molar-refractivity contribution in [3.05, 3.63) is 87.5 Å². The van der Waals surface area contributed by atoms with Crippen molar-refractivity contribution in [1.82, 2.24) is 9.56 Å². The lowest BCUT2D eigenvalue weighted by Crippen LogP contribution is -2.30. The number of hydrogen-bond donors (Lipinski definition) is 1. The third-order valence-electron chi connectivity index (χ3n) is 4.97. The third-order valence-corrected chi connectivity index (χ3v) is 4.97. The van der Waals surface area contributed by atoms with Gasteiger partial charge in [0.25, 0.3) is 11.5 Å². The van der Waals surface area contributed by atoms with E-state index in [9.17, 15) is 9.59 Å². The highest BCUT2D eigenvalue weighted by Gasteiger charge is 2.17. The molecule has 4 aromatic rings. The molecule has 0 aliphatic rings. The van der Waals surface area contributed by atoms with E-state index in [1.807, 2.05) is 50.2 Å². The van der Waals surface area contributed by atoms with Gasteiger partial charge in [0.1, 0.15) is 23.9 Å². The Balaban J connectivity index is 1.48. The van der Waals surface area contributed by atoms with Crippen LogP contribution in [0.15, 0.2) is 63.9 Å². The van der Waals surface area contributed by atoms with E-state index in [2.05, 4.69) is 10.3 Å². The first-order chi connectivity index (χ1) is 15.8. The number of aryl methyl sites for hydroxylation is 3. The molecule has 0 aliphatic carbocycles. The number of carbonyl (C=O) groups is 1. The van der Waals surface area contributed by atoms with Gasteiger partial charge in [0.2, 0.25) is 0 Å². The smallest absolute Gasteiger partial charge is 0.287 e. The number of hydrogen-bond acceptors (Lipinski definition) is 6. The normalized spacial score (nSPS) is 11.9. The molecule has 0 bridgehead atoms. The summed E-state index contributed by atoms with van der Waals surface area (Å²) in [5.74, 6) is 1.37. The second-order valence-electron chi connectivity index (χ2n) is 7.94. The molecule has 0 unspecified atom stereocenters. The Morgan fingerprint density at radius 3 is 2.67 bits per heavy atom. The number of rotatable bonds is 7. The van der Waals surface area contributed by atoms with E-state index in [0.717, 1.165) is 15.7 Å². The van der Waals surface area contributed by atoms with Gasteiger partial charge in [-0.1, -0.05) is 18.2 Å². The van der Waals surface area contributed by atoms with Crippen LogP contribution in [-0.4, -0.2) is 21.6 Å². The van der Waals surface area contributed by atoms with Gasteiger partial charge in [-0.3, -0.25) is 9.59 Å². The molecule has 1 amide bonds. The lowest BCUT2D eigenvalue weighted by molar-refractivity contribution is -0.122. The highest BCUT2D eigenvalue weighted by molar-refractivity contribution is 5.95. The Morgan fingerprint density at radius 1 is 1.09 bits per heavy atom. The van der Waals surface area contributed by atoms with Gasteiger partial charge in [0.05, 0.1) is 11.4 Å². The minimum absolute atomic E-state index is 0.0532. The number of nitrogens with zero attached hydrogens (tertiary/aromatic N) is 2. The maximum absolute atomic E-state index is 12.7. The second-order valence-corrected chi connectivity index (χ2v) is 7.94.